The van der Waals surface area contributed by atoms with Gasteiger partial charge in [-0.2, -0.15) is 5.26 Å². The summed E-state index contributed by atoms with van der Waals surface area (Å²) in [4.78, 5) is 12.8. The van der Waals surface area contributed by atoms with E-state index in [9.17, 15) is 13.2 Å². The maximum absolute atomic E-state index is 12.8. The van der Waals surface area contributed by atoms with Crippen LogP contribution in [0.3, 0.4) is 0 Å². The number of sulfonamides is 1. The van der Waals surface area contributed by atoms with Crippen molar-refractivity contribution in [2.24, 2.45) is 0 Å². The Morgan fingerprint density at radius 1 is 1.16 bits per heavy atom. The Morgan fingerprint density at radius 3 is 2.71 bits per heavy atom. The zero-order valence-electron chi connectivity index (χ0n) is 16.3. The summed E-state index contributed by atoms with van der Waals surface area (Å²) in [6.45, 7) is 0. The fourth-order valence-electron chi connectivity index (χ4n) is 3.21. The standard InChI is InChI=1S/C21H16N4O5S/c1-29-19-6-2-14(8-10-22)12-18(19)25-17-5-4-16(13-15(17)3-7-21(25)26)31(27,28)24-20-9-11-30-23-20/h2-7,9,11-13H,8H2,1H3,(H,23,24). The summed E-state index contributed by atoms with van der Waals surface area (Å²) in [5, 5.41) is 13.1. The van der Waals surface area contributed by atoms with Crippen molar-refractivity contribution in [2.75, 3.05) is 11.8 Å². The predicted molar refractivity (Wildman–Crippen MR) is 113 cm³/mol. The molecule has 10 heteroatoms. The molecule has 2 heterocycles. The van der Waals surface area contributed by atoms with Gasteiger partial charge in [-0.15, -0.1) is 0 Å². The molecule has 1 N–H and O–H groups in total. The number of fused-ring (bicyclic) bond motifs is 1. The van der Waals surface area contributed by atoms with Crippen molar-refractivity contribution in [3.05, 3.63) is 76.8 Å². The van der Waals surface area contributed by atoms with Crippen LogP contribution in [-0.4, -0.2) is 25.3 Å². The maximum atomic E-state index is 12.8. The molecule has 0 spiro atoms. The number of aromatic nitrogens is 2. The van der Waals surface area contributed by atoms with Crippen molar-refractivity contribution >= 4 is 26.7 Å². The second-order valence-electron chi connectivity index (χ2n) is 6.56. The van der Waals surface area contributed by atoms with E-state index in [4.69, 9.17) is 10.00 Å². The van der Waals surface area contributed by atoms with Crippen LogP contribution in [0.1, 0.15) is 5.56 Å². The summed E-state index contributed by atoms with van der Waals surface area (Å²) < 4.78 is 39.1. The number of nitrogens with one attached hydrogen (secondary N) is 1. The first kappa shape index (κ1) is 20.2. The topological polar surface area (TPSA) is 127 Å². The molecule has 0 saturated heterocycles. The molecule has 0 aliphatic rings. The molecule has 0 radical (unpaired) electrons. The lowest BCUT2D eigenvalue weighted by Crippen LogP contribution is -2.19. The summed E-state index contributed by atoms with van der Waals surface area (Å²) >= 11 is 0. The number of methoxy groups -OCH3 is 1. The minimum atomic E-state index is -3.91. The highest BCUT2D eigenvalue weighted by Gasteiger charge is 2.18. The number of ether oxygens (including phenoxy) is 1. The van der Waals surface area contributed by atoms with Gasteiger partial charge < -0.3 is 9.26 Å². The lowest BCUT2D eigenvalue weighted by atomic mass is 10.1. The lowest BCUT2D eigenvalue weighted by molar-refractivity contribution is 0.413. The maximum Gasteiger partial charge on any atom is 0.263 e. The van der Waals surface area contributed by atoms with Gasteiger partial charge >= 0.3 is 0 Å². The molecule has 4 rings (SSSR count). The van der Waals surface area contributed by atoms with E-state index < -0.39 is 10.0 Å². The monoisotopic (exact) mass is 436 g/mol. The summed E-state index contributed by atoms with van der Waals surface area (Å²) in [7, 11) is -2.42. The molecule has 31 heavy (non-hydrogen) atoms. The van der Waals surface area contributed by atoms with E-state index in [1.165, 1.54) is 42.2 Å². The first-order chi connectivity index (χ1) is 14.9. The molecule has 0 unspecified atom stereocenters. The fraction of sp³-hybridized carbons (Fsp3) is 0.0952. The van der Waals surface area contributed by atoms with Gasteiger partial charge in [0.15, 0.2) is 5.82 Å². The van der Waals surface area contributed by atoms with Crippen molar-refractivity contribution in [3.8, 4) is 17.5 Å². The quantitative estimate of drug-likeness (QED) is 0.492. The number of pyridine rings is 1. The number of hydrogen-bond donors (Lipinski definition) is 1. The van der Waals surface area contributed by atoms with Gasteiger partial charge in [0.2, 0.25) is 0 Å². The first-order valence-corrected chi connectivity index (χ1v) is 10.5. The minimum Gasteiger partial charge on any atom is -0.495 e. The van der Waals surface area contributed by atoms with Crippen LogP contribution >= 0.6 is 0 Å². The van der Waals surface area contributed by atoms with Crippen molar-refractivity contribution in [1.82, 2.24) is 9.72 Å². The zero-order valence-corrected chi connectivity index (χ0v) is 17.1. The summed E-state index contributed by atoms with van der Waals surface area (Å²) in [5.41, 5.74) is 1.34. The van der Waals surface area contributed by atoms with Gasteiger partial charge in [0.25, 0.3) is 15.6 Å². The summed E-state index contributed by atoms with van der Waals surface area (Å²) in [5.74, 6) is 0.504. The highest BCUT2D eigenvalue weighted by atomic mass is 32.2. The van der Waals surface area contributed by atoms with Gasteiger partial charge in [0, 0.05) is 17.5 Å². The molecule has 2 aromatic carbocycles. The Bertz CT molecular complexity index is 1470. The van der Waals surface area contributed by atoms with Crippen LogP contribution < -0.4 is 15.0 Å². The third-order valence-corrected chi connectivity index (χ3v) is 5.97. The number of nitrogens with zero attached hydrogens (tertiary/aromatic N) is 3. The summed E-state index contributed by atoms with van der Waals surface area (Å²) in [6, 6.07) is 15.9. The molecule has 4 aromatic rings. The Labute approximate surface area is 177 Å². The van der Waals surface area contributed by atoms with E-state index in [2.05, 4.69) is 20.5 Å². The second-order valence-corrected chi connectivity index (χ2v) is 8.24. The average Bonchev–Trinajstić information content (AvgIpc) is 3.26. The normalized spacial score (nSPS) is 11.2. The van der Waals surface area contributed by atoms with E-state index in [1.807, 2.05) is 0 Å². The zero-order chi connectivity index (χ0) is 22.0. The van der Waals surface area contributed by atoms with Crippen LogP contribution in [0.15, 0.2) is 75.1 Å². The van der Waals surface area contributed by atoms with Gasteiger partial charge in [-0.3, -0.25) is 14.1 Å². The predicted octanol–water partition coefficient (Wildman–Crippen LogP) is 2.85. The highest BCUT2D eigenvalue weighted by molar-refractivity contribution is 7.92. The van der Waals surface area contributed by atoms with Gasteiger partial charge in [-0.1, -0.05) is 11.2 Å². The van der Waals surface area contributed by atoms with E-state index in [0.717, 1.165) is 5.56 Å². The molecular formula is C21H16N4O5S. The Kier molecular flexibility index (Phi) is 5.19. The molecule has 0 aliphatic carbocycles. The van der Waals surface area contributed by atoms with E-state index in [0.29, 0.717) is 22.3 Å². The van der Waals surface area contributed by atoms with Crippen LogP contribution in [-0.2, 0) is 16.4 Å². The second kappa shape index (κ2) is 7.97. The average molecular weight is 436 g/mol. The molecule has 0 fully saturated rings. The van der Waals surface area contributed by atoms with Gasteiger partial charge in [0.05, 0.1) is 35.7 Å². The SMILES string of the molecule is COc1ccc(CC#N)cc1-n1c(=O)ccc2cc(S(=O)(=O)Nc3ccon3)ccc21. The summed E-state index contributed by atoms with van der Waals surface area (Å²) in [6.07, 6.45) is 1.43. The first-order valence-electron chi connectivity index (χ1n) is 9.06. The van der Waals surface area contributed by atoms with E-state index >= 15 is 0 Å². The molecule has 156 valence electrons. The van der Waals surface area contributed by atoms with E-state index in [-0.39, 0.29) is 22.7 Å². The molecule has 0 amide bonds. The van der Waals surface area contributed by atoms with Crippen molar-refractivity contribution < 1.29 is 17.7 Å². The third kappa shape index (κ3) is 3.86. The molecule has 2 aromatic heterocycles. The number of nitriles is 1. The van der Waals surface area contributed by atoms with Crippen LogP contribution in [0.2, 0.25) is 0 Å². The Hall–Kier alpha value is -4.10. The van der Waals surface area contributed by atoms with Crippen molar-refractivity contribution in [1.29, 1.82) is 5.26 Å². The minimum absolute atomic E-state index is 0.00149. The lowest BCUT2D eigenvalue weighted by Gasteiger charge is -2.15. The molecular weight excluding hydrogens is 420 g/mol. The third-order valence-electron chi connectivity index (χ3n) is 4.62. The fourth-order valence-corrected chi connectivity index (χ4v) is 4.24. The molecule has 0 bridgehead atoms. The smallest absolute Gasteiger partial charge is 0.263 e. The Morgan fingerprint density at radius 2 is 2.00 bits per heavy atom. The van der Waals surface area contributed by atoms with Crippen molar-refractivity contribution in [3.63, 3.8) is 0 Å². The largest absolute Gasteiger partial charge is 0.495 e. The number of hydrogen-bond acceptors (Lipinski definition) is 7. The van der Waals surface area contributed by atoms with Crippen LogP contribution in [0.25, 0.3) is 16.6 Å². The van der Waals surface area contributed by atoms with E-state index in [1.54, 1.807) is 30.3 Å². The molecule has 0 saturated carbocycles. The molecule has 9 nitrogen and oxygen atoms in total. The van der Waals surface area contributed by atoms with Crippen LogP contribution in [0.5, 0.6) is 5.75 Å². The molecule has 0 atom stereocenters. The highest BCUT2D eigenvalue weighted by Crippen LogP contribution is 2.28. The number of anilines is 1. The molecule has 0 aliphatic heterocycles. The van der Waals surface area contributed by atoms with Gasteiger partial charge in [-0.25, -0.2) is 8.42 Å². The number of rotatable bonds is 6. The van der Waals surface area contributed by atoms with Gasteiger partial charge in [-0.05, 0) is 42.0 Å². The van der Waals surface area contributed by atoms with Gasteiger partial charge in [0.1, 0.15) is 12.0 Å². The van der Waals surface area contributed by atoms with Crippen molar-refractivity contribution in [2.45, 2.75) is 11.3 Å². The number of benzene rings is 2. The van der Waals surface area contributed by atoms with Crippen LogP contribution in [0.4, 0.5) is 5.82 Å². The van der Waals surface area contributed by atoms with Crippen LogP contribution in [0, 0.1) is 11.3 Å². The Balaban J connectivity index is 1.87.